The zero-order valence-corrected chi connectivity index (χ0v) is 16.8. The van der Waals surface area contributed by atoms with Crippen LogP contribution >= 0.6 is 0 Å². The number of nitrogens with zero attached hydrogens (tertiary/aromatic N) is 3. The highest BCUT2D eigenvalue weighted by atomic mass is 19.4. The van der Waals surface area contributed by atoms with E-state index in [9.17, 15) is 18.0 Å². The van der Waals surface area contributed by atoms with Crippen LogP contribution in [-0.4, -0.2) is 47.0 Å². The molecule has 1 aliphatic heterocycles. The van der Waals surface area contributed by atoms with Crippen LogP contribution in [0.25, 0.3) is 0 Å². The topological polar surface area (TPSA) is 76.6 Å². The molecule has 0 unspecified atom stereocenters. The molecule has 1 saturated carbocycles. The van der Waals surface area contributed by atoms with E-state index >= 15 is 0 Å². The number of rotatable bonds is 6. The number of benzene rings is 1. The third-order valence-electron chi connectivity index (χ3n) is 5.12. The Hall–Kier alpha value is -2.88. The van der Waals surface area contributed by atoms with Crippen molar-refractivity contribution in [1.82, 2.24) is 14.9 Å². The van der Waals surface area contributed by atoms with Gasteiger partial charge in [-0.25, -0.2) is 9.97 Å². The number of ether oxygens (including phenoxy) is 2. The second-order valence-corrected chi connectivity index (χ2v) is 7.69. The molecule has 1 aromatic carbocycles. The summed E-state index contributed by atoms with van der Waals surface area (Å²) < 4.78 is 47.4. The van der Waals surface area contributed by atoms with Gasteiger partial charge in [-0.1, -0.05) is 6.07 Å². The molecule has 2 heterocycles. The fraction of sp³-hybridized carbons (Fsp3) is 0.476. The van der Waals surface area contributed by atoms with Gasteiger partial charge in [-0.05, 0) is 54.9 Å². The van der Waals surface area contributed by atoms with Crippen molar-refractivity contribution < 1.29 is 28.9 Å². The lowest BCUT2D eigenvalue weighted by molar-refractivity contribution is -0.274. The van der Waals surface area contributed by atoms with Crippen molar-refractivity contribution in [2.24, 2.45) is 0 Å². The summed E-state index contributed by atoms with van der Waals surface area (Å²) in [6.45, 7) is 1.74. The van der Waals surface area contributed by atoms with E-state index in [0.29, 0.717) is 24.3 Å². The highest BCUT2D eigenvalue weighted by Crippen LogP contribution is 2.42. The first-order chi connectivity index (χ1) is 14.9. The largest absolute Gasteiger partial charge is 0.573 e. The van der Waals surface area contributed by atoms with E-state index in [1.54, 1.807) is 4.90 Å². The van der Waals surface area contributed by atoms with Gasteiger partial charge in [-0.3, -0.25) is 4.79 Å². The Kier molecular flexibility index (Phi) is 6.26. The van der Waals surface area contributed by atoms with Crippen molar-refractivity contribution in [3.8, 4) is 5.75 Å². The Morgan fingerprint density at radius 2 is 2.00 bits per heavy atom. The minimum atomic E-state index is -4.74. The Morgan fingerprint density at radius 3 is 2.71 bits per heavy atom. The molecule has 0 atom stereocenters. The molecule has 2 aliphatic rings. The fourth-order valence-electron chi connectivity index (χ4n) is 3.43. The van der Waals surface area contributed by atoms with Crippen LogP contribution < -0.4 is 10.1 Å². The van der Waals surface area contributed by atoms with Gasteiger partial charge in [0.05, 0.1) is 5.56 Å². The molecular formula is C21H25F3N4O3. The number of anilines is 1. The monoisotopic (exact) mass is 438 g/mol. The Bertz CT molecular complexity index is 915. The van der Waals surface area contributed by atoms with Gasteiger partial charge in [0.1, 0.15) is 12.5 Å². The van der Waals surface area contributed by atoms with E-state index < -0.39 is 6.36 Å². The van der Waals surface area contributed by atoms with Gasteiger partial charge < -0.3 is 19.7 Å². The minimum absolute atomic E-state index is 0. The van der Waals surface area contributed by atoms with Gasteiger partial charge in [-0.15, -0.1) is 13.2 Å². The van der Waals surface area contributed by atoms with Gasteiger partial charge in [0.2, 0.25) is 5.95 Å². The van der Waals surface area contributed by atoms with Gasteiger partial charge >= 0.3 is 6.36 Å². The summed E-state index contributed by atoms with van der Waals surface area (Å²) >= 11 is 0. The number of aromatic nitrogens is 2. The van der Waals surface area contributed by atoms with E-state index in [1.807, 2.05) is 6.07 Å². The molecule has 0 radical (unpaired) electrons. The number of alkyl halides is 3. The van der Waals surface area contributed by atoms with Crippen molar-refractivity contribution in [2.75, 3.05) is 25.2 Å². The zero-order valence-electron chi connectivity index (χ0n) is 16.8. The third kappa shape index (κ3) is 6.06. The SMILES string of the molecule is O=C(c1cnc(NCc2cc(OC(F)(F)F)cc(C3CC3)c2)nc1)N1CCCCOC1.[HH]. The molecule has 7 nitrogen and oxygen atoms in total. The van der Waals surface area contributed by atoms with E-state index in [1.165, 1.54) is 24.5 Å². The molecule has 1 aromatic heterocycles. The summed E-state index contributed by atoms with van der Waals surface area (Å²) in [6.07, 6.45) is 1.85. The minimum Gasteiger partial charge on any atom is -0.406 e. The Morgan fingerprint density at radius 1 is 1.23 bits per heavy atom. The molecule has 0 spiro atoms. The van der Waals surface area contributed by atoms with Crippen molar-refractivity contribution in [2.45, 2.75) is 44.5 Å². The summed E-state index contributed by atoms with van der Waals surface area (Å²) in [7, 11) is 0. The lowest BCUT2D eigenvalue weighted by Crippen LogP contribution is -2.32. The summed E-state index contributed by atoms with van der Waals surface area (Å²) in [6, 6.07) is 4.66. The van der Waals surface area contributed by atoms with Crippen LogP contribution in [0.15, 0.2) is 30.6 Å². The standard InChI is InChI=1S/C21H23F3N4O3.H2/c22-21(23,24)31-18-8-14(7-16(9-18)15-3-4-15)10-25-20-26-11-17(12-27-20)19(29)28-5-1-2-6-30-13-28;/h7-9,11-12,15H,1-6,10,13H2,(H,25,26,27);1H. The van der Waals surface area contributed by atoms with E-state index in [0.717, 1.165) is 31.2 Å². The number of carbonyl (C=O) groups excluding carboxylic acids is 1. The van der Waals surface area contributed by atoms with Crippen molar-refractivity contribution in [3.05, 3.63) is 47.3 Å². The molecule has 1 N–H and O–H groups in total. The van der Waals surface area contributed by atoms with Crippen molar-refractivity contribution >= 4 is 11.9 Å². The van der Waals surface area contributed by atoms with Crippen LogP contribution in [0.2, 0.25) is 0 Å². The van der Waals surface area contributed by atoms with Crippen molar-refractivity contribution in [3.63, 3.8) is 0 Å². The molecular weight excluding hydrogens is 413 g/mol. The van der Waals surface area contributed by atoms with Gasteiger partial charge in [0.15, 0.2) is 0 Å². The van der Waals surface area contributed by atoms with E-state index in [2.05, 4.69) is 20.0 Å². The summed E-state index contributed by atoms with van der Waals surface area (Å²) in [5.74, 6) is 0.133. The molecule has 31 heavy (non-hydrogen) atoms. The Balaban J connectivity index is 0.00000289. The lowest BCUT2D eigenvalue weighted by atomic mass is 10.1. The van der Waals surface area contributed by atoms with E-state index in [-0.39, 0.29) is 38.2 Å². The van der Waals surface area contributed by atoms with E-state index in [4.69, 9.17) is 4.74 Å². The molecule has 4 rings (SSSR count). The quantitative estimate of drug-likeness (QED) is 0.724. The molecule has 1 saturated heterocycles. The molecule has 168 valence electrons. The molecule has 0 bridgehead atoms. The predicted molar refractivity (Wildman–Crippen MR) is 108 cm³/mol. The highest BCUT2D eigenvalue weighted by Gasteiger charge is 2.32. The number of hydrogen-bond donors (Lipinski definition) is 1. The number of carbonyl (C=O) groups is 1. The number of amides is 1. The zero-order chi connectivity index (χ0) is 21.8. The molecule has 1 amide bonds. The van der Waals surface area contributed by atoms with Gasteiger partial charge in [0.25, 0.3) is 5.91 Å². The second kappa shape index (κ2) is 9.09. The fourth-order valence-corrected chi connectivity index (χ4v) is 3.43. The summed E-state index contributed by atoms with van der Waals surface area (Å²) in [4.78, 5) is 22.5. The van der Waals surface area contributed by atoms with Crippen molar-refractivity contribution in [1.29, 1.82) is 0 Å². The number of hydrogen-bond acceptors (Lipinski definition) is 6. The lowest BCUT2D eigenvalue weighted by Gasteiger charge is -2.19. The number of halogens is 3. The third-order valence-corrected chi connectivity index (χ3v) is 5.12. The van der Waals surface area contributed by atoms with Crippen LogP contribution in [-0.2, 0) is 11.3 Å². The van der Waals surface area contributed by atoms with Crippen LogP contribution in [0.4, 0.5) is 19.1 Å². The normalized spacial score (nSPS) is 17.2. The molecule has 2 aromatic rings. The number of nitrogens with one attached hydrogen (secondary N) is 1. The first-order valence-electron chi connectivity index (χ1n) is 10.2. The Labute approximate surface area is 179 Å². The van der Waals surface area contributed by atoms with Gasteiger partial charge in [0, 0.05) is 33.5 Å². The molecule has 2 fully saturated rings. The van der Waals surface area contributed by atoms with Gasteiger partial charge in [-0.2, -0.15) is 0 Å². The second-order valence-electron chi connectivity index (χ2n) is 7.69. The first-order valence-corrected chi connectivity index (χ1v) is 10.2. The summed E-state index contributed by atoms with van der Waals surface area (Å²) in [5, 5.41) is 2.98. The maximum atomic E-state index is 12.6. The van der Waals surface area contributed by atoms with Crippen LogP contribution in [0, 0.1) is 0 Å². The molecule has 10 heteroatoms. The van der Waals surface area contributed by atoms with Crippen LogP contribution in [0.3, 0.4) is 0 Å². The smallest absolute Gasteiger partial charge is 0.406 e. The molecule has 1 aliphatic carbocycles. The maximum absolute atomic E-state index is 12.6. The van der Waals surface area contributed by atoms with Crippen LogP contribution in [0.1, 0.15) is 54.5 Å². The summed E-state index contributed by atoms with van der Waals surface area (Å²) in [5.41, 5.74) is 1.82. The van der Waals surface area contributed by atoms with Crippen LogP contribution in [0.5, 0.6) is 5.75 Å². The average molecular weight is 438 g/mol. The maximum Gasteiger partial charge on any atom is 0.573 e. The predicted octanol–water partition coefficient (Wildman–Crippen LogP) is 4.32. The average Bonchev–Trinajstić information content (AvgIpc) is 3.58. The first kappa shape index (κ1) is 21.4. The highest BCUT2D eigenvalue weighted by molar-refractivity contribution is 5.93.